The summed E-state index contributed by atoms with van der Waals surface area (Å²) in [7, 11) is 1.57. The molecule has 5 heteroatoms. The average Bonchev–Trinajstić information content (AvgIpc) is 2.54. The van der Waals surface area contributed by atoms with E-state index in [1.165, 1.54) is 11.5 Å². The fourth-order valence-corrected chi connectivity index (χ4v) is 1.78. The first-order chi connectivity index (χ1) is 6.29. The SMILES string of the molecule is CCCc1nnsc1C(O)COC. The number of hydrogen-bond donors (Lipinski definition) is 1. The van der Waals surface area contributed by atoms with Crippen LogP contribution in [0.4, 0.5) is 0 Å². The second-order valence-corrected chi connectivity index (χ2v) is 3.59. The minimum absolute atomic E-state index is 0.306. The molecular formula is C8H14N2O2S. The van der Waals surface area contributed by atoms with E-state index >= 15 is 0 Å². The van der Waals surface area contributed by atoms with Crippen LogP contribution in [0.3, 0.4) is 0 Å². The van der Waals surface area contributed by atoms with Gasteiger partial charge in [-0.3, -0.25) is 0 Å². The Morgan fingerprint density at radius 3 is 3.00 bits per heavy atom. The van der Waals surface area contributed by atoms with E-state index in [1.54, 1.807) is 7.11 Å². The Morgan fingerprint density at radius 1 is 1.62 bits per heavy atom. The summed E-state index contributed by atoms with van der Waals surface area (Å²) >= 11 is 1.25. The fraction of sp³-hybridized carbons (Fsp3) is 0.750. The Morgan fingerprint density at radius 2 is 2.38 bits per heavy atom. The molecule has 0 amide bonds. The van der Waals surface area contributed by atoms with Gasteiger partial charge in [-0.15, -0.1) is 5.10 Å². The highest BCUT2D eigenvalue weighted by molar-refractivity contribution is 7.05. The number of aliphatic hydroxyl groups excluding tert-OH is 1. The van der Waals surface area contributed by atoms with E-state index in [0.29, 0.717) is 6.61 Å². The Balaban J connectivity index is 2.68. The molecule has 1 rings (SSSR count). The molecule has 1 heterocycles. The van der Waals surface area contributed by atoms with E-state index in [1.807, 2.05) is 0 Å². The molecule has 0 fully saturated rings. The van der Waals surface area contributed by atoms with Crippen LogP contribution in [0.5, 0.6) is 0 Å². The van der Waals surface area contributed by atoms with Gasteiger partial charge in [0.15, 0.2) is 0 Å². The summed E-state index contributed by atoms with van der Waals surface area (Å²) in [6.45, 7) is 2.38. The van der Waals surface area contributed by atoms with Crippen LogP contribution in [0.25, 0.3) is 0 Å². The number of ether oxygens (including phenoxy) is 1. The van der Waals surface area contributed by atoms with Gasteiger partial charge >= 0.3 is 0 Å². The molecule has 0 saturated carbocycles. The van der Waals surface area contributed by atoms with Gasteiger partial charge in [-0.25, -0.2) is 0 Å². The zero-order valence-corrected chi connectivity index (χ0v) is 8.67. The van der Waals surface area contributed by atoms with Crippen molar-refractivity contribution in [1.82, 2.24) is 9.59 Å². The molecule has 0 spiro atoms. The average molecular weight is 202 g/mol. The first-order valence-electron chi connectivity index (χ1n) is 4.27. The zero-order valence-electron chi connectivity index (χ0n) is 7.86. The molecule has 1 aromatic rings. The van der Waals surface area contributed by atoms with E-state index < -0.39 is 6.10 Å². The van der Waals surface area contributed by atoms with Gasteiger partial charge in [-0.2, -0.15) is 0 Å². The molecule has 0 saturated heterocycles. The van der Waals surface area contributed by atoms with Crippen LogP contribution in [-0.2, 0) is 11.2 Å². The van der Waals surface area contributed by atoms with Crippen LogP contribution in [0.15, 0.2) is 0 Å². The third-order valence-electron chi connectivity index (χ3n) is 1.70. The Hall–Kier alpha value is -0.520. The summed E-state index contributed by atoms with van der Waals surface area (Å²) < 4.78 is 8.68. The molecule has 1 unspecified atom stereocenters. The quantitative estimate of drug-likeness (QED) is 0.778. The molecule has 74 valence electrons. The van der Waals surface area contributed by atoms with Crippen LogP contribution < -0.4 is 0 Å². The second-order valence-electron chi connectivity index (χ2n) is 2.81. The molecule has 4 nitrogen and oxygen atoms in total. The van der Waals surface area contributed by atoms with Crippen LogP contribution in [0.2, 0.25) is 0 Å². The van der Waals surface area contributed by atoms with E-state index in [0.717, 1.165) is 23.4 Å². The second kappa shape index (κ2) is 5.26. The first kappa shape index (κ1) is 10.6. The lowest BCUT2D eigenvalue weighted by molar-refractivity contribution is 0.0659. The topological polar surface area (TPSA) is 55.2 Å². The van der Waals surface area contributed by atoms with Crippen molar-refractivity contribution in [3.8, 4) is 0 Å². The Bertz CT molecular complexity index is 252. The molecule has 0 aliphatic rings. The zero-order chi connectivity index (χ0) is 9.68. The van der Waals surface area contributed by atoms with Gasteiger partial charge < -0.3 is 9.84 Å². The summed E-state index contributed by atoms with van der Waals surface area (Å²) in [5.74, 6) is 0. The third-order valence-corrected chi connectivity index (χ3v) is 2.57. The van der Waals surface area contributed by atoms with Crippen molar-refractivity contribution in [3.05, 3.63) is 10.6 Å². The molecule has 0 aliphatic carbocycles. The minimum Gasteiger partial charge on any atom is -0.385 e. The summed E-state index contributed by atoms with van der Waals surface area (Å²) in [6.07, 6.45) is 1.30. The van der Waals surface area contributed by atoms with Crippen molar-refractivity contribution in [1.29, 1.82) is 0 Å². The maximum atomic E-state index is 9.62. The van der Waals surface area contributed by atoms with Gasteiger partial charge in [0.25, 0.3) is 0 Å². The number of hydrogen-bond acceptors (Lipinski definition) is 5. The molecular weight excluding hydrogens is 188 g/mol. The van der Waals surface area contributed by atoms with Crippen molar-refractivity contribution in [2.75, 3.05) is 13.7 Å². The van der Waals surface area contributed by atoms with Gasteiger partial charge in [0.1, 0.15) is 6.10 Å². The van der Waals surface area contributed by atoms with Crippen molar-refractivity contribution in [2.45, 2.75) is 25.9 Å². The largest absolute Gasteiger partial charge is 0.385 e. The first-order valence-corrected chi connectivity index (χ1v) is 5.05. The highest BCUT2D eigenvalue weighted by atomic mass is 32.1. The summed E-state index contributed by atoms with van der Waals surface area (Å²) in [4.78, 5) is 0.837. The van der Waals surface area contributed by atoms with Crippen molar-refractivity contribution in [2.24, 2.45) is 0 Å². The molecule has 0 aliphatic heterocycles. The molecule has 1 aromatic heterocycles. The number of methoxy groups -OCH3 is 1. The Kier molecular flexibility index (Phi) is 4.27. The van der Waals surface area contributed by atoms with Crippen LogP contribution in [0.1, 0.15) is 30.0 Å². The van der Waals surface area contributed by atoms with Crippen molar-refractivity contribution >= 4 is 11.5 Å². The predicted octanol–water partition coefficient (Wildman–Crippen LogP) is 1.17. The van der Waals surface area contributed by atoms with Crippen LogP contribution in [-0.4, -0.2) is 28.4 Å². The van der Waals surface area contributed by atoms with Gasteiger partial charge in [-0.05, 0) is 18.0 Å². The van der Waals surface area contributed by atoms with Crippen molar-refractivity contribution in [3.63, 3.8) is 0 Å². The van der Waals surface area contributed by atoms with E-state index in [2.05, 4.69) is 16.5 Å². The molecule has 0 bridgehead atoms. The van der Waals surface area contributed by atoms with Crippen LogP contribution in [0, 0.1) is 0 Å². The normalized spacial score (nSPS) is 13.2. The standard InChI is InChI=1S/C8H14N2O2S/c1-3-4-6-8(13-10-9-6)7(11)5-12-2/h7,11H,3-5H2,1-2H3. The van der Waals surface area contributed by atoms with Gasteiger partial charge in [0, 0.05) is 7.11 Å². The monoisotopic (exact) mass is 202 g/mol. The van der Waals surface area contributed by atoms with Crippen molar-refractivity contribution < 1.29 is 9.84 Å². The fourth-order valence-electron chi connectivity index (χ4n) is 1.11. The number of aromatic nitrogens is 2. The van der Waals surface area contributed by atoms with Crippen LogP contribution >= 0.6 is 11.5 Å². The summed E-state index contributed by atoms with van der Waals surface area (Å²) in [5, 5.41) is 13.6. The molecule has 0 radical (unpaired) electrons. The molecule has 13 heavy (non-hydrogen) atoms. The smallest absolute Gasteiger partial charge is 0.115 e. The number of rotatable bonds is 5. The molecule has 0 aromatic carbocycles. The lowest BCUT2D eigenvalue weighted by Gasteiger charge is -2.07. The van der Waals surface area contributed by atoms with E-state index in [-0.39, 0.29) is 0 Å². The highest BCUT2D eigenvalue weighted by Crippen LogP contribution is 2.21. The van der Waals surface area contributed by atoms with Gasteiger partial charge in [0.2, 0.25) is 0 Å². The van der Waals surface area contributed by atoms with E-state index in [4.69, 9.17) is 4.74 Å². The van der Waals surface area contributed by atoms with Gasteiger partial charge in [-0.1, -0.05) is 17.8 Å². The molecule has 1 N–H and O–H groups in total. The maximum absolute atomic E-state index is 9.62. The lowest BCUT2D eigenvalue weighted by Crippen LogP contribution is -2.05. The van der Waals surface area contributed by atoms with E-state index in [9.17, 15) is 5.11 Å². The Labute approximate surface area is 81.7 Å². The maximum Gasteiger partial charge on any atom is 0.115 e. The predicted molar refractivity (Wildman–Crippen MR) is 50.7 cm³/mol. The molecule has 1 atom stereocenters. The summed E-state index contributed by atoms with van der Waals surface area (Å²) in [5.41, 5.74) is 0.900. The van der Waals surface area contributed by atoms with Gasteiger partial charge in [0.05, 0.1) is 17.2 Å². The highest BCUT2D eigenvalue weighted by Gasteiger charge is 2.15. The number of nitrogens with zero attached hydrogens (tertiary/aromatic N) is 2. The summed E-state index contributed by atoms with van der Waals surface area (Å²) in [6, 6.07) is 0. The number of aryl methyl sites for hydroxylation is 1. The lowest BCUT2D eigenvalue weighted by atomic mass is 10.2. The minimum atomic E-state index is -0.577. The number of aliphatic hydroxyl groups is 1. The third kappa shape index (κ3) is 2.72.